The number of H-pyrrole nitrogens is 1. The molecule has 5 N–H and O–H groups in total. The van der Waals surface area contributed by atoms with Crippen LogP contribution in [0.15, 0.2) is 40.5 Å². The first-order chi connectivity index (χ1) is 24.1. The number of phenolic OH excluding ortho intramolecular Hbond substituents is 1. The van der Waals surface area contributed by atoms with Crippen molar-refractivity contribution in [3.8, 4) is 5.75 Å². The zero-order valence-electron chi connectivity index (χ0n) is 28.7. The number of carbonyl (C=O) groups is 1. The van der Waals surface area contributed by atoms with E-state index in [1.807, 2.05) is 22.4 Å². The number of nitrogens with zero attached hydrogens (tertiary/aromatic N) is 3. The molecule has 17 heteroatoms. The summed E-state index contributed by atoms with van der Waals surface area (Å²) in [6.45, 7) is 8.84. The second kappa shape index (κ2) is 16.6. The van der Waals surface area contributed by atoms with E-state index in [9.17, 15) is 32.6 Å². The first-order valence-electron chi connectivity index (χ1n) is 16.6. The van der Waals surface area contributed by atoms with Gasteiger partial charge in [-0.25, -0.2) is 9.37 Å². The van der Waals surface area contributed by atoms with Gasteiger partial charge in [0.25, 0.3) is 16.0 Å². The van der Waals surface area contributed by atoms with E-state index in [2.05, 4.69) is 34.0 Å². The molecular weight excluding hydrogens is 722 g/mol. The number of phenols is 1. The molecular formula is C34H44FN5O8S3. The number of aromatic nitrogens is 2. The molecule has 2 aliphatic heterocycles. The van der Waals surface area contributed by atoms with Crippen molar-refractivity contribution in [2.24, 2.45) is 0 Å². The number of piperidine rings is 1. The largest absolute Gasteiger partial charge is 0.506 e. The maximum Gasteiger partial charge on any atom is 0.305 e. The summed E-state index contributed by atoms with van der Waals surface area (Å²) in [6.07, 6.45) is 1.91. The average molecular weight is 766 g/mol. The van der Waals surface area contributed by atoms with Crippen molar-refractivity contribution in [3.05, 3.63) is 78.6 Å². The minimum Gasteiger partial charge on any atom is -0.506 e. The van der Waals surface area contributed by atoms with Crippen molar-refractivity contribution in [2.45, 2.75) is 57.3 Å². The Hall–Kier alpha value is -3.29. The van der Waals surface area contributed by atoms with Crippen molar-refractivity contribution in [1.82, 2.24) is 25.1 Å². The second-order valence-electron chi connectivity index (χ2n) is 13.3. The van der Waals surface area contributed by atoms with Crippen LogP contribution in [0.5, 0.6) is 5.75 Å². The van der Waals surface area contributed by atoms with Gasteiger partial charge in [0.05, 0.1) is 40.8 Å². The molecule has 2 aliphatic rings. The van der Waals surface area contributed by atoms with Gasteiger partial charge >= 0.3 is 4.87 Å². The van der Waals surface area contributed by atoms with Crippen molar-refractivity contribution < 1.29 is 37.1 Å². The fraction of sp³-hybridized carbons (Fsp3) is 0.500. The fourth-order valence-electron chi connectivity index (χ4n) is 6.30. The molecule has 51 heavy (non-hydrogen) atoms. The molecule has 6 rings (SSSR count). The number of aliphatic hydroxyl groups is 1. The molecule has 4 aromatic rings. The molecule has 1 amide bonds. The Morgan fingerprint density at radius 2 is 1.92 bits per heavy atom. The maximum absolute atomic E-state index is 14.7. The number of benzene rings is 2. The minimum atomic E-state index is -3.67. The zero-order chi connectivity index (χ0) is 36.9. The Kier molecular flexibility index (Phi) is 12.7. The fourth-order valence-corrected chi connectivity index (χ4v) is 8.03. The second-order valence-corrected chi connectivity index (χ2v) is 16.6. The van der Waals surface area contributed by atoms with E-state index in [4.69, 9.17) is 9.29 Å². The first-order valence-corrected chi connectivity index (χ1v) is 20.2. The van der Waals surface area contributed by atoms with Crippen molar-refractivity contribution in [3.63, 3.8) is 0 Å². The predicted molar refractivity (Wildman–Crippen MR) is 195 cm³/mol. The molecule has 0 unspecified atom stereocenters. The maximum atomic E-state index is 14.7. The molecule has 1 spiro atoms. The molecule has 13 nitrogen and oxygen atoms in total. The number of hydrogen-bond acceptors (Lipinski definition) is 12. The molecule has 2 fully saturated rings. The van der Waals surface area contributed by atoms with Gasteiger partial charge < -0.3 is 30.2 Å². The van der Waals surface area contributed by atoms with Crippen LogP contribution in [-0.2, 0) is 27.8 Å². The summed E-state index contributed by atoms with van der Waals surface area (Å²) >= 11 is 2.48. The van der Waals surface area contributed by atoms with Gasteiger partial charge in [0.15, 0.2) is 0 Å². The summed E-state index contributed by atoms with van der Waals surface area (Å²) in [6, 6.07) is 8.32. The number of nitrogens with one attached hydrogen (secondary N) is 2. The number of likely N-dealkylation sites (tertiary alicyclic amines) is 1. The van der Waals surface area contributed by atoms with Crippen LogP contribution >= 0.6 is 22.7 Å². The van der Waals surface area contributed by atoms with E-state index in [0.717, 1.165) is 47.8 Å². The highest BCUT2D eigenvalue weighted by atomic mass is 32.2. The molecule has 0 saturated carbocycles. The van der Waals surface area contributed by atoms with Crippen LogP contribution in [0.2, 0.25) is 0 Å². The van der Waals surface area contributed by atoms with E-state index < -0.39 is 16.2 Å². The summed E-state index contributed by atoms with van der Waals surface area (Å²) < 4.78 is 47.4. The first kappa shape index (κ1) is 38.9. The number of morpholine rings is 1. The van der Waals surface area contributed by atoms with Crippen molar-refractivity contribution in [2.75, 3.05) is 52.1 Å². The Morgan fingerprint density at radius 1 is 1.20 bits per heavy atom. The van der Waals surface area contributed by atoms with Crippen LogP contribution in [0, 0.1) is 5.82 Å². The summed E-state index contributed by atoms with van der Waals surface area (Å²) in [7, 11) is -3.67. The highest BCUT2D eigenvalue weighted by Gasteiger charge is 2.41. The van der Waals surface area contributed by atoms with Gasteiger partial charge in [0, 0.05) is 49.6 Å². The Bertz CT molecular complexity index is 1980. The van der Waals surface area contributed by atoms with E-state index in [-0.39, 0.29) is 34.5 Å². The SMILES string of the molecule is CC(C)c1nc(C(=O)N2CCOC3(CCN(Cc4ccc(F)c(CCNC[C@H](O)c5ccc(O)c6[nH]c(=O)sc56)c4)CC3)C2)cs1.CS(=O)(=O)O. The van der Waals surface area contributed by atoms with Crippen LogP contribution in [-0.4, -0.2) is 107 Å². The van der Waals surface area contributed by atoms with Crippen molar-refractivity contribution >= 4 is 48.9 Å². The number of rotatable bonds is 10. The standard InChI is InChI=1S/C33H40FN5O5S2.CH4O3S/c1-20(2)30-36-25(18-45-30)31(42)39-13-14-44-33(19-39)8-11-38(12-9-33)17-21-3-5-24(34)22(15-21)7-10-35-16-27(41)23-4-6-26(40)28-29(23)46-32(43)37-28;1-5(2,3)4/h3-6,15,18,20,27,35,40-41H,7-14,16-17,19H2,1-2H3,(H,37,43);1H3,(H,2,3,4)/t27-;/m0./s1. The van der Waals surface area contributed by atoms with Gasteiger partial charge in [-0.15, -0.1) is 11.3 Å². The molecule has 278 valence electrons. The van der Waals surface area contributed by atoms with E-state index in [1.54, 1.807) is 6.07 Å². The number of ether oxygens (including phenoxy) is 1. The quantitative estimate of drug-likeness (QED) is 0.117. The zero-order valence-corrected chi connectivity index (χ0v) is 31.2. The van der Waals surface area contributed by atoms with E-state index in [1.165, 1.54) is 23.5 Å². The number of thiazole rings is 2. The van der Waals surface area contributed by atoms with Gasteiger partial charge in [-0.05, 0) is 49.1 Å². The molecule has 0 bridgehead atoms. The number of aromatic hydroxyl groups is 1. The van der Waals surface area contributed by atoms with Crippen molar-refractivity contribution in [1.29, 1.82) is 0 Å². The number of amides is 1. The topological polar surface area (TPSA) is 185 Å². The molecule has 2 aromatic carbocycles. The number of hydrogen-bond donors (Lipinski definition) is 5. The third kappa shape index (κ3) is 10.4. The lowest BCUT2D eigenvalue weighted by Crippen LogP contribution is -2.58. The van der Waals surface area contributed by atoms with Gasteiger partial charge in [0.2, 0.25) is 0 Å². The molecule has 2 saturated heterocycles. The number of halogens is 1. The Balaban J connectivity index is 0.000000943. The minimum absolute atomic E-state index is 0.0206. The van der Waals surface area contributed by atoms with Gasteiger partial charge in [-0.1, -0.05) is 43.4 Å². The lowest BCUT2D eigenvalue weighted by molar-refractivity contribution is -0.128. The number of carbonyl (C=O) groups excluding carboxylic acids is 1. The Morgan fingerprint density at radius 3 is 2.61 bits per heavy atom. The highest BCUT2D eigenvalue weighted by molar-refractivity contribution is 7.85. The van der Waals surface area contributed by atoms with Crippen LogP contribution < -0.4 is 10.2 Å². The van der Waals surface area contributed by atoms with Crippen LogP contribution in [0.25, 0.3) is 10.2 Å². The summed E-state index contributed by atoms with van der Waals surface area (Å²) in [5.74, 6) is -0.0234. The van der Waals surface area contributed by atoms with Gasteiger partial charge in [0.1, 0.15) is 22.8 Å². The molecule has 2 aromatic heterocycles. The van der Waals surface area contributed by atoms with Crippen LogP contribution in [0.4, 0.5) is 4.39 Å². The Labute approximate surface area is 303 Å². The smallest absolute Gasteiger partial charge is 0.305 e. The summed E-state index contributed by atoms with van der Waals surface area (Å²) in [5.41, 5.74) is 2.69. The molecule has 0 radical (unpaired) electrons. The molecule has 4 heterocycles. The number of aliphatic hydroxyl groups excluding tert-OH is 1. The van der Waals surface area contributed by atoms with Crippen LogP contribution in [0.3, 0.4) is 0 Å². The third-order valence-corrected chi connectivity index (χ3v) is 11.0. The summed E-state index contributed by atoms with van der Waals surface area (Å²) in [5, 5.41) is 26.8. The monoisotopic (exact) mass is 765 g/mol. The predicted octanol–water partition coefficient (Wildman–Crippen LogP) is 3.89. The van der Waals surface area contributed by atoms with Crippen LogP contribution in [0.1, 0.15) is 70.9 Å². The third-order valence-electron chi connectivity index (χ3n) is 8.91. The number of aromatic amines is 1. The van der Waals surface area contributed by atoms with E-state index in [0.29, 0.717) is 78.4 Å². The van der Waals surface area contributed by atoms with Gasteiger partial charge in [-0.2, -0.15) is 8.42 Å². The molecule has 0 aliphatic carbocycles. The lowest BCUT2D eigenvalue weighted by atomic mass is 9.89. The summed E-state index contributed by atoms with van der Waals surface area (Å²) in [4.78, 5) is 36.1. The number of fused-ring (bicyclic) bond motifs is 1. The lowest BCUT2D eigenvalue weighted by Gasteiger charge is -2.47. The molecule has 1 atom stereocenters. The highest BCUT2D eigenvalue weighted by Crippen LogP contribution is 2.33. The van der Waals surface area contributed by atoms with E-state index >= 15 is 0 Å². The normalized spacial score (nSPS) is 17.1. The average Bonchev–Trinajstić information content (AvgIpc) is 3.73. The van der Waals surface area contributed by atoms with Gasteiger partial charge in [-0.3, -0.25) is 19.0 Å².